The third kappa shape index (κ3) is 2.17. The van der Waals surface area contributed by atoms with Crippen molar-refractivity contribution in [3.8, 4) is 0 Å². The van der Waals surface area contributed by atoms with E-state index in [0.29, 0.717) is 20.6 Å². The molecule has 1 aliphatic carbocycles. The highest BCUT2D eigenvalue weighted by Crippen LogP contribution is 2.71. The molecule has 1 unspecified atom stereocenters. The Kier molecular flexibility index (Phi) is 3.82. The molecule has 2 saturated heterocycles. The molecule has 120 valence electrons. The van der Waals surface area contributed by atoms with Crippen LogP contribution in [-0.4, -0.2) is 35.4 Å². The third-order valence-electron chi connectivity index (χ3n) is 6.30. The van der Waals surface area contributed by atoms with E-state index in [1.807, 2.05) is 0 Å². The van der Waals surface area contributed by atoms with Crippen LogP contribution in [0.15, 0.2) is 0 Å². The van der Waals surface area contributed by atoms with Gasteiger partial charge < -0.3 is 4.74 Å². The van der Waals surface area contributed by atoms with Gasteiger partial charge in [0.2, 0.25) is 0 Å². The van der Waals surface area contributed by atoms with Gasteiger partial charge in [0.1, 0.15) is 6.10 Å². The Morgan fingerprint density at radius 2 is 1.81 bits per heavy atom. The molecule has 0 aromatic heterocycles. The summed E-state index contributed by atoms with van der Waals surface area (Å²) in [6, 6.07) is 0. The number of hydrogen-bond acceptors (Lipinski definition) is 4. The van der Waals surface area contributed by atoms with Gasteiger partial charge in [0.25, 0.3) is 0 Å². The molecule has 2 aliphatic heterocycles. The van der Waals surface area contributed by atoms with E-state index in [-0.39, 0.29) is 18.0 Å². The van der Waals surface area contributed by atoms with Crippen molar-refractivity contribution in [3.63, 3.8) is 0 Å². The molecule has 3 rings (SSSR count). The molecule has 0 bridgehead atoms. The van der Waals surface area contributed by atoms with E-state index >= 15 is 0 Å². The maximum absolute atomic E-state index is 12.2. The average molecular weight is 345 g/mol. The zero-order valence-corrected chi connectivity index (χ0v) is 16.7. The highest BCUT2D eigenvalue weighted by molar-refractivity contribution is 8.21. The minimum Gasteiger partial charge on any atom is -0.462 e. The first-order valence-corrected chi connectivity index (χ1v) is 13.1. The number of hydrogen-bond donors (Lipinski definition) is 0. The number of fused-ring (bicyclic) bond motifs is 1. The summed E-state index contributed by atoms with van der Waals surface area (Å²) >= 11 is 4.39. The number of carbonyl (C=O) groups is 1. The van der Waals surface area contributed by atoms with Crippen molar-refractivity contribution in [2.24, 2.45) is 17.8 Å². The van der Waals surface area contributed by atoms with Crippen LogP contribution in [0.2, 0.25) is 18.1 Å². The van der Waals surface area contributed by atoms with E-state index in [4.69, 9.17) is 4.74 Å². The number of cyclic esters (lactones) is 1. The van der Waals surface area contributed by atoms with Gasteiger partial charge in [-0.2, -0.15) is 0 Å². The fourth-order valence-corrected chi connectivity index (χ4v) is 14.9. The fourth-order valence-electron chi connectivity index (χ4n) is 4.09. The first-order chi connectivity index (χ1) is 9.63. The van der Waals surface area contributed by atoms with Crippen LogP contribution in [0.1, 0.15) is 34.1 Å². The second kappa shape index (κ2) is 4.94. The molecule has 5 heteroatoms. The monoisotopic (exact) mass is 344 g/mol. The topological polar surface area (TPSA) is 26.3 Å². The lowest BCUT2D eigenvalue weighted by atomic mass is 10.2. The van der Waals surface area contributed by atoms with Crippen LogP contribution >= 0.6 is 23.5 Å². The quantitative estimate of drug-likeness (QED) is 0.547. The van der Waals surface area contributed by atoms with Crippen molar-refractivity contribution in [1.82, 2.24) is 0 Å². The molecule has 0 amide bonds. The van der Waals surface area contributed by atoms with Crippen LogP contribution in [0.5, 0.6) is 0 Å². The number of rotatable bonds is 2. The summed E-state index contributed by atoms with van der Waals surface area (Å²) in [5.41, 5.74) is 0. The second-order valence-corrected chi connectivity index (χ2v) is 17.6. The van der Waals surface area contributed by atoms with Crippen LogP contribution in [0.3, 0.4) is 0 Å². The smallest absolute Gasteiger partial charge is 0.310 e. The molecule has 2 nitrogen and oxygen atoms in total. The van der Waals surface area contributed by atoms with Crippen LogP contribution in [-0.2, 0) is 9.53 Å². The average Bonchev–Trinajstić information content (AvgIpc) is 3.07. The molecule has 1 saturated carbocycles. The van der Waals surface area contributed by atoms with Gasteiger partial charge in [0.15, 0.2) is 0 Å². The molecule has 3 fully saturated rings. The van der Waals surface area contributed by atoms with Gasteiger partial charge in [-0.05, 0) is 29.9 Å². The third-order valence-corrected chi connectivity index (χ3v) is 19.1. The van der Waals surface area contributed by atoms with Gasteiger partial charge in [-0.15, -0.1) is 23.5 Å². The molecule has 0 aromatic rings. The lowest BCUT2D eigenvalue weighted by molar-refractivity contribution is -0.145. The molecule has 0 spiro atoms. The van der Waals surface area contributed by atoms with E-state index in [1.165, 1.54) is 17.9 Å². The van der Waals surface area contributed by atoms with Crippen molar-refractivity contribution in [2.75, 3.05) is 11.5 Å². The van der Waals surface area contributed by atoms with Crippen molar-refractivity contribution < 1.29 is 9.53 Å². The van der Waals surface area contributed by atoms with Gasteiger partial charge in [-0.25, -0.2) is 0 Å². The van der Waals surface area contributed by atoms with Crippen molar-refractivity contribution in [3.05, 3.63) is 0 Å². The van der Waals surface area contributed by atoms with Crippen LogP contribution in [0, 0.1) is 17.8 Å². The van der Waals surface area contributed by atoms with Gasteiger partial charge in [0.05, 0.1) is 17.7 Å². The van der Waals surface area contributed by atoms with Crippen LogP contribution < -0.4 is 0 Å². The number of ether oxygens (including phenoxy) is 1. The molecule has 0 N–H and O–H groups in total. The molecule has 2 heterocycles. The minimum atomic E-state index is -1.56. The lowest BCUT2D eigenvalue weighted by Crippen LogP contribution is -2.59. The van der Waals surface area contributed by atoms with E-state index in [0.717, 1.165) is 0 Å². The molecule has 3 aliphatic rings. The molecule has 0 aromatic carbocycles. The van der Waals surface area contributed by atoms with E-state index in [2.05, 4.69) is 64.3 Å². The zero-order chi connectivity index (χ0) is 15.6. The Balaban J connectivity index is 1.98. The summed E-state index contributed by atoms with van der Waals surface area (Å²) in [4.78, 5) is 12.2. The van der Waals surface area contributed by atoms with E-state index in [9.17, 15) is 4.79 Å². The second-order valence-electron chi connectivity index (χ2n) is 8.36. The Hall–Kier alpha value is 0.387. The highest BCUT2D eigenvalue weighted by atomic mass is 32.2. The number of esters is 1. The maximum atomic E-state index is 12.2. The summed E-state index contributed by atoms with van der Waals surface area (Å²) in [5.74, 6) is 3.86. The summed E-state index contributed by atoms with van der Waals surface area (Å²) in [6.45, 7) is 14.5. The molecule has 4 atom stereocenters. The summed E-state index contributed by atoms with van der Waals surface area (Å²) in [5, 5.41) is 0.356. The summed E-state index contributed by atoms with van der Waals surface area (Å²) in [7, 11) is -1.56. The van der Waals surface area contributed by atoms with E-state index < -0.39 is 8.07 Å². The van der Waals surface area contributed by atoms with Crippen LogP contribution in [0.4, 0.5) is 0 Å². The van der Waals surface area contributed by atoms with Crippen molar-refractivity contribution in [2.45, 2.75) is 62.1 Å². The summed E-state index contributed by atoms with van der Waals surface area (Å²) < 4.78 is 5.74. The largest absolute Gasteiger partial charge is 0.462 e. The lowest BCUT2D eigenvalue weighted by Gasteiger charge is -2.54. The molecule has 21 heavy (non-hydrogen) atoms. The Morgan fingerprint density at radius 3 is 2.24 bits per heavy atom. The van der Waals surface area contributed by atoms with Gasteiger partial charge in [-0.3, -0.25) is 4.79 Å². The highest BCUT2D eigenvalue weighted by Gasteiger charge is 2.75. The first kappa shape index (κ1) is 16.3. The Labute approximate surface area is 138 Å². The van der Waals surface area contributed by atoms with Crippen molar-refractivity contribution in [1.29, 1.82) is 0 Å². The van der Waals surface area contributed by atoms with E-state index in [1.54, 1.807) is 0 Å². The number of thioether (sulfide) groups is 2. The predicted molar refractivity (Wildman–Crippen MR) is 95.5 cm³/mol. The number of carbonyl (C=O) groups excluding carboxylic acids is 1. The predicted octanol–water partition coefficient (Wildman–Crippen LogP) is 4.41. The maximum Gasteiger partial charge on any atom is 0.310 e. The standard InChI is InChI=1S/C16H28O2S2Si/c1-10-11-12(14(17)18-10)13(11)16(19-8-7-9-20-16)21(5,6)15(2,3)4/h10-13H,7-9H2,1-6H3/t10?,11-,12+,13+/m1/s1. The van der Waals surface area contributed by atoms with Crippen molar-refractivity contribution >= 4 is 37.6 Å². The molecular formula is C16H28O2S2Si. The SMILES string of the molecule is CC1OC(=O)[C@H]2[C@@H]1[C@@H]2C1([Si](C)(C)C(C)(C)C)SCCCS1. The molecular weight excluding hydrogens is 316 g/mol. The summed E-state index contributed by atoms with van der Waals surface area (Å²) in [6.07, 6.45) is 1.45. The van der Waals surface area contributed by atoms with Gasteiger partial charge in [0, 0.05) is 11.8 Å². The van der Waals surface area contributed by atoms with Gasteiger partial charge >= 0.3 is 5.97 Å². The Bertz CT molecular complexity index is 452. The molecule has 0 radical (unpaired) electrons. The van der Waals surface area contributed by atoms with Gasteiger partial charge in [-0.1, -0.05) is 33.9 Å². The first-order valence-electron chi connectivity index (χ1n) is 8.12. The van der Waals surface area contributed by atoms with Crippen LogP contribution in [0.25, 0.3) is 0 Å². The zero-order valence-electron chi connectivity index (χ0n) is 14.1. The Morgan fingerprint density at radius 1 is 1.24 bits per heavy atom. The minimum absolute atomic E-state index is 0.0855. The normalized spacial score (nSPS) is 38.9. The fraction of sp³-hybridized carbons (Fsp3) is 0.938.